The highest BCUT2D eigenvalue weighted by Crippen LogP contribution is 2.23. The standard InChI is InChI=1S/C18H20N4S/c1-3-22-17(11-12-19-22)13(2)20-18(23)21-16-10-6-8-14-7-4-5-9-15(14)16/h4-13H,3H2,1-2H3,(H2,20,21,23). The summed E-state index contributed by atoms with van der Waals surface area (Å²) in [5, 5.41) is 13.9. The molecule has 3 rings (SSSR count). The molecule has 4 nitrogen and oxygen atoms in total. The zero-order valence-corrected chi connectivity index (χ0v) is 14.1. The maximum absolute atomic E-state index is 5.48. The summed E-state index contributed by atoms with van der Waals surface area (Å²) >= 11 is 5.48. The van der Waals surface area contributed by atoms with Crippen molar-refractivity contribution in [3.8, 4) is 0 Å². The van der Waals surface area contributed by atoms with Crippen LogP contribution >= 0.6 is 12.2 Å². The predicted octanol–water partition coefficient (Wildman–Crippen LogP) is 4.10. The third-order valence-corrected chi connectivity index (χ3v) is 4.10. The number of hydrogen-bond donors (Lipinski definition) is 2. The third-order valence-electron chi connectivity index (χ3n) is 3.88. The van der Waals surface area contributed by atoms with Crippen LogP contribution in [0.5, 0.6) is 0 Å². The molecular weight excluding hydrogens is 304 g/mol. The summed E-state index contributed by atoms with van der Waals surface area (Å²) in [6.07, 6.45) is 1.82. The fraction of sp³-hybridized carbons (Fsp3) is 0.222. The highest BCUT2D eigenvalue weighted by Gasteiger charge is 2.12. The number of hydrogen-bond acceptors (Lipinski definition) is 2. The summed E-state index contributed by atoms with van der Waals surface area (Å²) in [5.74, 6) is 0. The Morgan fingerprint density at radius 2 is 1.96 bits per heavy atom. The van der Waals surface area contributed by atoms with E-state index >= 15 is 0 Å². The van der Waals surface area contributed by atoms with Gasteiger partial charge in [-0.1, -0.05) is 36.4 Å². The van der Waals surface area contributed by atoms with Crippen LogP contribution in [0.2, 0.25) is 0 Å². The highest BCUT2D eigenvalue weighted by molar-refractivity contribution is 7.80. The van der Waals surface area contributed by atoms with Crippen LogP contribution in [0.3, 0.4) is 0 Å². The number of thiocarbonyl (C=S) groups is 1. The summed E-state index contributed by atoms with van der Waals surface area (Å²) in [4.78, 5) is 0. The normalized spacial score (nSPS) is 12.1. The molecule has 2 N–H and O–H groups in total. The maximum Gasteiger partial charge on any atom is 0.171 e. The van der Waals surface area contributed by atoms with E-state index in [0.29, 0.717) is 5.11 Å². The molecule has 1 heterocycles. The molecule has 2 aromatic carbocycles. The maximum atomic E-state index is 5.48. The minimum absolute atomic E-state index is 0.0902. The van der Waals surface area contributed by atoms with Crippen molar-refractivity contribution >= 4 is 33.8 Å². The Morgan fingerprint density at radius 1 is 1.17 bits per heavy atom. The Bertz CT molecular complexity index is 819. The van der Waals surface area contributed by atoms with Crippen LogP contribution in [0.25, 0.3) is 10.8 Å². The molecule has 0 bridgehead atoms. The minimum Gasteiger partial charge on any atom is -0.354 e. The Morgan fingerprint density at radius 3 is 2.78 bits per heavy atom. The van der Waals surface area contributed by atoms with Crippen LogP contribution in [-0.4, -0.2) is 14.9 Å². The minimum atomic E-state index is 0.0902. The van der Waals surface area contributed by atoms with Gasteiger partial charge in [-0.3, -0.25) is 4.68 Å². The Balaban J connectivity index is 1.74. The summed E-state index contributed by atoms with van der Waals surface area (Å²) in [7, 11) is 0. The van der Waals surface area contributed by atoms with Crippen molar-refractivity contribution in [1.82, 2.24) is 15.1 Å². The van der Waals surface area contributed by atoms with Gasteiger partial charge in [0, 0.05) is 23.8 Å². The molecule has 0 aliphatic carbocycles. The van der Waals surface area contributed by atoms with Crippen LogP contribution in [-0.2, 0) is 6.54 Å². The molecule has 0 fully saturated rings. The SMILES string of the molecule is CCn1nccc1C(C)NC(=S)Nc1cccc2ccccc12. The van der Waals surface area contributed by atoms with Crippen molar-refractivity contribution in [2.75, 3.05) is 5.32 Å². The van der Waals surface area contributed by atoms with E-state index in [-0.39, 0.29) is 6.04 Å². The molecule has 3 aromatic rings. The number of aromatic nitrogens is 2. The van der Waals surface area contributed by atoms with E-state index in [1.54, 1.807) is 0 Å². The number of aryl methyl sites for hydroxylation is 1. The number of anilines is 1. The first-order valence-electron chi connectivity index (χ1n) is 7.76. The topological polar surface area (TPSA) is 41.9 Å². The lowest BCUT2D eigenvalue weighted by Gasteiger charge is -2.18. The van der Waals surface area contributed by atoms with Crippen LogP contribution in [0.4, 0.5) is 5.69 Å². The summed E-state index contributed by atoms with van der Waals surface area (Å²) < 4.78 is 1.97. The molecule has 1 unspecified atom stereocenters. The van der Waals surface area contributed by atoms with E-state index in [9.17, 15) is 0 Å². The van der Waals surface area contributed by atoms with Gasteiger partial charge in [0.05, 0.1) is 11.7 Å². The molecule has 0 aliphatic heterocycles. The zero-order valence-electron chi connectivity index (χ0n) is 13.3. The van der Waals surface area contributed by atoms with E-state index in [1.807, 2.05) is 41.2 Å². The van der Waals surface area contributed by atoms with Crippen LogP contribution < -0.4 is 10.6 Å². The molecule has 0 saturated heterocycles. The first kappa shape index (κ1) is 15.5. The monoisotopic (exact) mass is 324 g/mol. The number of benzene rings is 2. The number of nitrogens with zero attached hydrogens (tertiary/aromatic N) is 2. The lowest BCUT2D eigenvalue weighted by Crippen LogP contribution is -2.32. The van der Waals surface area contributed by atoms with Crippen molar-refractivity contribution in [3.63, 3.8) is 0 Å². The summed E-state index contributed by atoms with van der Waals surface area (Å²) in [5.41, 5.74) is 2.13. The molecule has 118 valence electrons. The summed E-state index contributed by atoms with van der Waals surface area (Å²) in [6.45, 7) is 5.01. The van der Waals surface area contributed by atoms with Crippen LogP contribution in [0.15, 0.2) is 54.7 Å². The van der Waals surface area contributed by atoms with E-state index in [4.69, 9.17) is 12.2 Å². The van der Waals surface area contributed by atoms with Crippen LogP contribution in [0, 0.1) is 0 Å². The van der Waals surface area contributed by atoms with Gasteiger partial charge < -0.3 is 10.6 Å². The highest BCUT2D eigenvalue weighted by atomic mass is 32.1. The average molecular weight is 324 g/mol. The van der Waals surface area contributed by atoms with E-state index in [0.717, 1.165) is 23.3 Å². The van der Waals surface area contributed by atoms with Gasteiger partial charge >= 0.3 is 0 Å². The number of rotatable bonds is 4. The third kappa shape index (κ3) is 3.35. The first-order valence-corrected chi connectivity index (χ1v) is 8.17. The zero-order chi connectivity index (χ0) is 16.2. The van der Waals surface area contributed by atoms with E-state index < -0.39 is 0 Å². The Hall–Kier alpha value is -2.40. The van der Waals surface area contributed by atoms with E-state index in [2.05, 4.69) is 47.8 Å². The average Bonchev–Trinajstić information content (AvgIpc) is 3.04. The molecule has 23 heavy (non-hydrogen) atoms. The van der Waals surface area contributed by atoms with E-state index in [1.165, 1.54) is 5.39 Å². The van der Waals surface area contributed by atoms with Gasteiger partial charge in [-0.2, -0.15) is 5.10 Å². The second-order valence-electron chi connectivity index (χ2n) is 5.42. The summed E-state index contributed by atoms with van der Waals surface area (Å²) in [6, 6.07) is 16.5. The van der Waals surface area contributed by atoms with Gasteiger partial charge in [0.25, 0.3) is 0 Å². The molecule has 0 saturated carbocycles. The van der Waals surface area contributed by atoms with Crippen LogP contribution in [0.1, 0.15) is 25.6 Å². The Labute approximate surface area is 141 Å². The van der Waals surface area contributed by atoms with Crippen molar-refractivity contribution in [2.24, 2.45) is 0 Å². The van der Waals surface area contributed by atoms with Gasteiger partial charge in [0.1, 0.15) is 0 Å². The fourth-order valence-electron chi connectivity index (χ4n) is 2.74. The molecule has 1 aromatic heterocycles. The lowest BCUT2D eigenvalue weighted by atomic mass is 10.1. The van der Waals surface area contributed by atoms with Crippen molar-refractivity contribution in [2.45, 2.75) is 26.4 Å². The first-order chi connectivity index (χ1) is 11.2. The predicted molar refractivity (Wildman–Crippen MR) is 99.6 cm³/mol. The number of fused-ring (bicyclic) bond motifs is 1. The second kappa shape index (κ2) is 6.79. The molecule has 0 aliphatic rings. The smallest absolute Gasteiger partial charge is 0.171 e. The molecule has 0 amide bonds. The van der Waals surface area contributed by atoms with Crippen molar-refractivity contribution in [1.29, 1.82) is 0 Å². The Kier molecular flexibility index (Phi) is 4.57. The lowest BCUT2D eigenvalue weighted by molar-refractivity contribution is 0.568. The van der Waals surface area contributed by atoms with Gasteiger partial charge in [-0.15, -0.1) is 0 Å². The number of nitrogens with one attached hydrogen (secondary N) is 2. The molecule has 0 spiro atoms. The quantitative estimate of drug-likeness (QED) is 0.709. The fourth-order valence-corrected chi connectivity index (χ4v) is 3.03. The molecule has 1 atom stereocenters. The molecule has 0 radical (unpaired) electrons. The van der Waals surface area contributed by atoms with Crippen molar-refractivity contribution < 1.29 is 0 Å². The largest absolute Gasteiger partial charge is 0.354 e. The van der Waals surface area contributed by atoms with Gasteiger partial charge in [0.2, 0.25) is 0 Å². The second-order valence-corrected chi connectivity index (χ2v) is 5.83. The van der Waals surface area contributed by atoms with Gasteiger partial charge in [0.15, 0.2) is 5.11 Å². The van der Waals surface area contributed by atoms with Gasteiger partial charge in [-0.25, -0.2) is 0 Å². The molecule has 5 heteroatoms. The molecular formula is C18H20N4S. The van der Waals surface area contributed by atoms with Gasteiger partial charge in [-0.05, 0) is 43.6 Å². The van der Waals surface area contributed by atoms with Crippen molar-refractivity contribution in [3.05, 3.63) is 60.4 Å².